The minimum Gasteiger partial charge on any atom is -0.308 e. The highest BCUT2D eigenvalue weighted by atomic mass is 16.1. The topological polar surface area (TPSA) is 46.2 Å². The van der Waals surface area contributed by atoms with Crippen LogP contribution in [0.2, 0.25) is 0 Å². The number of Topliss-reactive ketones (excluding diaryl/α,β-unsaturated/α-hetero) is 1. The Hall–Kier alpha value is -2.52. The van der Waals surface area contributed by atoms with Gasteiger partial charge in [0.2, 0.25) is 0 Å². The van der Waals surface area contributed by atoms with E-state index in [0.29, 0.717) is 23.2 Å². The molecule has 24 heavy (non-hydrogen) atoms. The molecule has 3 nitrogen and oxygen atoms in total. The molecule has 0 atom stereocenters. The van der Waals surface area contributed by atoms with Crippen LogP contribution in [0.4, 0.5) is 0 Å². The molecule has 0 unspecified atom stereocenters. The van der Waals surface area contributed by atoms with Gasteiger partial charge in [0.25, 0.3) is 0 Å². The molecule has 3 heteroatoms. The summed E-state index contributed by atoms with van der Waals surface area (Å²) in [6.07, 6.45) is 1.45. The van der Waals surface area contributed by atoms with Gasteiger partial charge in [0, 0.05) is 28.8 Å². The molecule has 0 amide bonds. The number of ketones is 2. The predicted octanol–water partition coefficient (Wildman–Crippen LogP) is 4.07. The summed E-state index contributed by atoms with van der Waals surface area (Å²) in [4.78, 5) is 25.2. The molecule has 0 saturated heterocycles. The fourth-order valence-electron chi connectivity index (χ4n) is 2.18. The van der Waals surface area contributed by atoms with Gasteiger partial charge in [0.1, 0.15) is 0 Å². The average Bonchev–Trinajstić information content (AvgIpc) is 2.58. The Morgan fingerprint density at radius 2 is 1.38 bits per heavy atom. The third-order valence-electron chi connectivity index (χ3n) is 3.50. The second-order valence-electron chi connectivity index (χ2n) is 6.70. The van der Waals surface area contributed by atoms with Gasteiger partial charge in [0.05, 0.1) is 0 Å². The van der Waals surface area contributed by atoms with Crippen molar-refractivity contribution in [1.29, 1.82) is 0 Å². The molecular weight excluding hydrogens is 298 g/mol. The van der Waals surface area contributed by atoms with E-state index in [-0.39, 0.29) is 17.1 Å². The fraction of sp³-hybridized carbons (Fsp3) is 0.238. The van der Waals surface area contributed by atoms with Crippen molar-refractivity contribution in [1.82, 2.24) is 5.32 Å². The van der Waals surface area contributed by atoms with E-state index in [2.05, 4.69) is 5.32 Å². The second kappa shape index (κ2) is 7.84. The van der Waals surface area contributed by atoms with E-state index in [9.17, 15) is 9.59 Å². The molecule has 0 heterocycles. The molecule has 0 fully saturated rings. The van der Waals surface area contributed by atoms with E-state index < -0.39 is 0 Å². The molecule has 0 radical (unpaired) electrons. The Morgan fingerprint density at radius 3 is 1.88 bits per heavy atom. The van der Waals surface area contributed by atoms with E-state index in [1.165, 1.54) is 6.08 Å². The van der Waals surface area contributed by atoms with Crippen LogP contribution in [-0.4, -0.2) is 23.7 Å². The van der Waals surface area contributed by atoms with E-state index in [4.69, 9.17) is 0 Å². The number of nitrogens with one attached hydrogen (secondary N) is 1. The summed E-state index contributed by atoms with van der Waals surface area (Å²) in [5.74, 6) is -0.290. The zero-order valence-corrected chi connectivity index (χ0v) is 14.4. The van der Waals surface area contributed by atoms with Gasteiger partial charge >= 0.3 is 0 Å². The quantitative estimate of drug-likeness (QED) is 0.644. The van der Waals surface area contributed by atoms with Gasteiger partial charge in [-0.1, -0.05) is 60.7 Å². The van der Waals surface area contributed by atoms with Crippen LogP contribution in [0.1, 0.15) is 41.5 Å². The highest BCUT2D eigenvalue weighted by Gasteiger charge is 2.17. The van der Waals surface area contributed by atoms with Crippen LogP contribution in [-0.2, 0) is 0 Å². The van der Waals surface area contributed by atoms with E-state index >= 15 is 0 Å². The number of benzene rings is 2. The van der Waals surface area contributed by atoms with Crippen molar-refractivity contribution in [2.75, 3.05) is 6.54 Å². The zero-order valence-electron chi connectivity index (χ0n) is 14.4. The number of allylic oxidation sites excluding steroid dienone is 1. The van der Waals surface area contributed by atoms with Crippen LogP contribution in [0, 0.1) is 0 Å². The maximum absolute atomic E-state index is 12.8. The van der Waals surface area contributed by atoms with Gasteiger partial charge < -0.3 is 5.32 Å². The number of hydrogen-bond donors (Lipinski definition) is 1. The Morgan fingerprint density at radius 1 is 0.875 bits per heavy atom. The van der Waals surface area contributed by atoms with Crippen LogP contribution in [0.25, 0.3) is 0 Å². The lowest BCUT2D eigenvalue weighted by Crippen LogP contribution is -2.38. The molecule has 0 saturated carbocycles. The van der Waals surface area contributed by atoms with Gasteiger partial charge in [-0.2, -0.15) is 0 Å². The molecular formula is C21H23NO2. The summed E-state index contributed by atoms with van der Waals surface area (Å²) in [6.45, 7) is 6.42. The lowest BCUT2D eigenvalue weighted by Gasteiger charge is -2.21. The summed E-state index contributed by atoms with van der Waals surface area (Å²) in [6, 6.07) is 18.0. The van der Waals surface area contributed by atoms with Crippen LogP contribution in [0.3, 0.4) is 0 Å². The van der Waals surface area contributed by atoms with Crippen molar-refractivity contribution >= 4 is 11.6 Å². The van der Waals surface area contributed by atoms with Crippen LogP contribution >= 0.6 is 0 Å². The molecule has 2 rings (SSSR count). The Bertz CT molecular complexity index is 725. The molecule has 0 spiro atoms. The smallest absolute Gasteiger partial charge is 0.190 e. The van der Waals surface area contributed by atoms with Gasteiger partial charge in [-0.3, -0.25) is 9.59 Å². The molecule has 0 aromatic heterocycles. The summed E-state index contributed by atoms with van der Waals surface area (Å²) in [5.41, 5.74) is 1.48. The van der Waals surface area contributed by atoms with Crippen LogP contribution < -0.4 is 5.32 Å². The Balaban J connectivity index is 2.30. The number of rotatable bonds is 6. The summed E-state index contributed by atoms with van der Waals surface area (Å²) in [7, 11) is 0. The minimum atomic E-state index is -0.161. The van der Waals surface area contributed by atoms with Gasteiger partial charge in [-0.05, 0) is 26.8 Å². The standard InChI is InChI=1S/C21H23NO2/c1-21(2,3)22-15-18(20(24)17-12-8-5-9-13-17)14-19(23)16-10-6-4-7-11-16/h4-14,22H,15H2,1-3H3/b18-14-. The highest BCUT2D eigenvalue weighted by Crippen LogP contribution is 2.12. The monoisotopic (exact) mass is 321 g/mol. The maximum Gasteiger partial charge on any atom is 0.190 e. The van der Waals surface area contributed by atoms with Gasteiger partial charge in [-0.15, -0.1) is 0 Å². The molecule has 0 aliphatic heterocycles. The van der Waals surface area contributed by atoms with Gasteiger partial charge in [0.15, 0.2) is 11.6 Å². The van der Waals surface area contributed by atoms with E-state index in [1.54, 1.807) is 24.3 Å². The summed E-state index contributed by atoms with van der Waals surface area (Å²) in [5, 5.41) is 3.29. The number of carbonyl (C=O) groups excluding carboxylic acids is 2. The Kier molecular flexibility index (Phi) is 5.83. The predicted molar refractivity (Wildman–Crippen MR) is 97.4 cm³/mol. The molecule has 1 N–H and O–H groups in total. The molecule has 124 valence electrons. The largest absolute Gasteiger partial charge is 0.308 e. The lowest BCUT2D eigenvalue weighted by molar-refractivity contribution is 0.100. The fourth-order valence-corrected chi connectivity index (χ4v) is 2.18. The molecule has 0 bridgehead atoms. The first-order valence-electron chi connectivity index (χ1n) is 8.01. The summed E-state index contributed by atoms with van der Waals surface area (Å²) >= 11 is 0. The van der Waals surface area contributed by atoms with Gasteiger partial charge in [-0.25, -0.2) is 0 Å². The van der Waals surface area contributed by atoms with Crippen molar-refractivity contribution in [2.45, 2.75) is 26.3 Å². The van der Waals surface area contributed by atoms with Crippen molar-refractivity contribution < 1.29 is 9.59 Å². The van der Waals surface area contributed by atoms with E-state index in [1.807, 2.05) is 57.2 Å². The maximum atomic E-state index is 12.8. The zero-order chi connectivity index (χ0) is 17.6. The molecule has 2 aromatic rings. The third kappa shape index (κ3) is 5.28. The number of carbonyl (C=O) groups is 2. The van der Waals surface area contributed by atoms with Crippen LogP contribution in [0.15, 0.2) is 72.3 Å². The first kappa shape index (κ1) is 17.8. The molecule has 2 aromatic carbocycles. The lowest BCUT2D eigenvalue weighted by atomic mass is 9.99. The van der Waals surface area contributed by atoms with Crippen molar-refractivity contribution in [3.63, 3.8) is 0 Å². The average molecular weight is 321 g/mol. The summed E-state index contributed by atoms with van der Waals surface area (Å²) < 4.78 is 0. The second-order valence-corrected chi connectivity index (χ2v) is 6.70. The van der Waals surface area contributed by atoms with Crippen molar-refractivity contribution in [3.8, 4) is 0 Å². The van der Waals surface area contributed by atoms with Crippen molar-refractivity contribution in [2.24, 2.45) is 0 Å². The van der Waals surface area contributed by atoms with Crippen LogP contribution in [0.5, 0.6) is 0 Å². The SMILES string of the molecule is CC(C)(C)NC/C(=C/C(=O)c1ccccc1)C(=O)c1ccccc1. The molecule has 0 aliphatic carbocycles. The number of hydrogen-bond acceptors (Lipinski definition) is 3. The minimum absolute atomic E-state index is 0.128. The normalized spacial score (nSPS) is 12.0. The first-order valence-corrected chi connectivity index (χ1v) is 8.01. The first-order chi connectivity index (χ1) is 11.4. The highest BCUT2D eigenvalue weighted by molar-refractivity contribution is 6.15. The molecule has 0 aliphatic rings. The van der Waals surface area contributed by atoms with E-state index in [0.717, 1.165) is 0 Å². The third-order valence-corrected chi connectivity index (χ3v) is 3.50. The van der Waals surface area contributed by atoms with Crippen molar-refractivity contribution in [3.05, 3.63) is 83.4 Å². The Labute approximate surface area is 143 Å².